The smallest absolute Gasteiger partial charge is 0.305 e. The molecule has 0 radical (unpaired) electrons. The van der Waals surface area contributed by atoms with Crippen LogP contribution in [0.15, 0.2) is 24.3 Å². The fourth-order valence-electron chi connectivity index (χ4n) is 9.51. The van der Waals surface area contributed by atoms with Crippen molar-refractivity contribution < 1.29 is 24.5 Å². The lowest BCUT2D eigenvalue weighted by molar-refractivity contribution is -0.143. The molecule has 0 aromatic rings. The Kier molecular flexibility index (Phi) is 56.5. The molecule has 0 aromatic carbocycles. The Hall–Kier alpha value is -1.66. The number of aliphatic hydroxyl groups excluding tert-OH is 2. The molecule has 2 unspecified atom stereocenters. The normalized spacial score (nSPS) is 12.7. The number of esters is 1. The minimum Gasteiger partial charge on any atom is -0.466 e. The topological polar surface area (TPSA) is 95.9 Å². The van der Waals surface area contributed by atoms with Crippen LogP contribution < -0.4 is 5.32 Å². The molecule has 0 fully saturated rings. The average Bonchev–Trinajstić information content (AvgIpc) is 3.34. The third-order valence-electron chi connectivity index (χ3n) is 14.2. The van der Waals surface area contributed by atoms with E-state index in [1.54, 1.807) is 0 Å². The molecule has 0 bridgehead atoms. The van der Waals surface area contributed by atoms with Crippen LogP contribution in [0.1, 0.15) is 335 Å². The van der Waals surface area contributed by atoms with Gasteiger partial charge in [-0.2, -0.15) is 0 Å². The number of allylic oxidation sites excluding steroid dienone is 4. The fourth-order valence-corrected chi connectivity index (χ4v) is 9.51. The Bertz CT molecular complexity index is 1060. The van der Waals surface area contributed by atoms with Crippen molar-refractivity contribution in [1.82, 2.24) is 5.32 Å². The quantitative estimate of drug-likeness (QED) is 0.0321. The highest BCUT2D eigenvalue weighted by molar-refractivity contribution is 5.76. The van der Waals surface area contributed by atoms with Crippen LogP contribution in [0.3, 0.4) is 0 Å². The summed E-state index contributed by atoms with van der Waals surface area (Å²) >= 11 is 0. The lowest BCUT2D eigenvalue weighted by Crippen LogP contribution is -2.45. The molecule has 0 saturated heterocycles. The number of rotatable bonds is 57. The number of unbranched alkanes of at least 4 members (excludes halogenated alkanes) is 42. The molecule has 0 spiro atoms. The molecule has 6 heteroatoms. The Morgan fingerprint density at radius 1 is 0.397 bits per heavy atom. The third-order valence-corrected chi connectivity index (χ3v) is 14.2. The summed E-state index contributed by atoms with van der Waals surface area (Å²) in [4.78, 5) is 24.4. The Morgan fingerprint density at radius 2 is 0.691 bits per heavy atom. The van der Waals surface area contributed by atoms with Crippen LogP contribution in [0.5, 0.6) is 0 Å². The van der Waals surface area contributed by atoms with E-state index in [-0.39, 0.29) is 18.5 Å². The highest BCUT2D eigenvalue weighted by atomic mass is 16.5. The van der Waals surface area contributed by atoms with E-state index in [9.17, 15) is 19.8 Å². The van der Waals surface area contributed by atoms with Crippen LogP contribution >= 0.6 is 0 Å². The zero-order valence-corrected chi connectivity index (χ0v) is 45.9. The Morgan fingerprint density at radius 3 is 1.06 bits per heavy atom. The maximum absolute atomic E-state index is 12.4. The van der Waals surface area contributed by atoms with Crippen molar-refractivity contribution >= 4 is 11.9 Å². The van der Waals surface area contributed by atoms with Gasteiger partial charge in [0, 0.05) is 12.8 Å². The Labute approximate surface area is 424 Å². The summed E-state index contributed by atoms with van der Waals surface area (Å²) in [5.41, 5.74) is 0. The highest BCUT2D eigenvalue weighted by Gasteiger charge is 2.20. The zero-order chi connectivity index (χ0) is 49.3. The van der Waals surface area contributed by atoms with Crippen LogP contribution in [0.25, 0.3) is 0 Å². The first-order chi connectivity index (χ1) is 33.5. The molecule has 2 atom stereocenters. The van der Waals surface area contributed by atoms with Gasteiger partial charge < -0.3 is 20.3 Å². The van der Waals surface area contributed by atoms with E-state index in [1.165, 1.54) is 257 Å². The monoisotopic (exact) mass is 958 g/mol. The maximum atomic E-state index is 12.4. The molecule has 0 rings (SSSR count). The highest BCUT2D eigenvalue weighted by Crippen LogP contribution is 2.17. The molecule has 0 heterocycles. The van der Waals surface area contributed by atoms with E-state index < -0.39 is 12.1 Å². The molecule has 68 heavy (non-hydrogen) atoms. The van der Waals surface area contributed by atoms with Gasteiger partial charge in [0.1, 0.15) is 0 Å². The van der Waals surface area contributed by atoms with Gasteiger partial charge in [-0.25, -0.2) is 0 Å². The van der Waals surface area contributed by atoms with Gasteiger partial charge >= 0.3 is 5.97 Å². The summed E-state index contributed by atoms with van der Waals surface area (Å²) < 4.78 is 5.47. The standard InChI is InChI=1S/C62H119NO5/c1-3-5-7-9-11-13-14-32-36-40-44-48-52-56-62(67)68-57-53-49-45-41-37-34-31-29-27-25-23-21-19-17-15-16-18-20-22-24-26-28-30-33-35-39-43-47-51-55-61(66)63-59(58-64)60(65)54-50-46-42-38-12-10-8-6-4-2/h13-15,17,59-60,64-65H,3-12,16,18-58H2,1-2H3,(H,63,66)/b14-13-,17-15-. The zero-order valence-electron chi connectivity index (χ0n) is 45.9. The lowest BCUT2D eigenvalue weighted by Gasteiger charge is -2.22. The van der Waals surface area contributed by atoms with Crippen molar-refractivity contribution in [3.63, 3.8) is 0 Å². The van der Waals surface area contributed by atoms with Crippen LogP contribution in [-0.2, 0) is 14.3 Å². The van der Waals surface area contributed by atoms with Gasteiger partial charge in [-0.1, -0.05) is 269 Å². The maximum Gasteiger partial charge on any atom is 0.305 e. The second-order valence-electron chi connectivity index (χ2n) is 21.0. The number of carbonyl (C=O) groups excluding carboxylic acids is 2. The predicted molar refractivity (Wildman–Crippen MR) is 296 cm³/mol. The first-order valence-corrected chi connectivity index (χ1v) is 30.6. The van der Waals surface area contributed by atoms with E-state index in [2.05, 4.69) is 43.5 Å². The minimum absolute atomic E-state index is 0.00722. The van der Waals surface area contributed by atoms with E-state index in [0.717, 1.165) is 44.9 Å². The van der Waals surface area contributed by atoms with Gasteiger partial charge in [0.15, 0.2) is 0 Å². The number of ether oxygens (including phenoxy) is 1. The van der Waals surface area contributed by atoms with Crippen molar-refractivity contribution in [3.8, 4) is 0 Å². The van der Waals surface area contributed by atoms with E-state index in [0.29, 0.717) is 25.9 Å². The van der Waals surface area contributed by atoms with Crippen molar-refractivity contribution in [2.24, 2.45) is 0 Å². The molecule has 0 aliphatic heterocycles. The van der Waals surface area contributed by atoms with E-state index >= 15 is 0 Å². The minimum atomic E-state index is -0.661. The molecule has 3 N–H and O–H groups in total. The summed E-state index contributed by atoms with van der Waals surface area (Å²) in [7, 11) is 0. The summed E-state index contributed by atoms with van der Waals surface area (Å²) in [5.74, 6) is -0.0285. The molecule has 0 aliphatic carbocycles. The third kappa shape index (κ3) is 53.7. The fraction of sp³-hybridized carbons (Fsp3) is 0.903. The molecule has 0 saturated carbocycles. The van der Waals surface area contributed by atoms with Crippen LogP contribution in [0.2, 0.25) is 0 Å². The molecule has 0 aliphatic rings. The van der Waals surface area contributed by atoms with Crippen molar-refractivity contribution in [2.45, 2.75) is 347 Å². The summed E-state index contributed by atoms with van der Waals surface area (Å²) in [5, 5.41) is 23.1. The number of hydrogen-bond donors (Lipinski definition) is 3. The summed E-state index contributed by atoms with van der Waals surface area (Å²) in [6, 6.07) is -0.538. The van der Waals surface area contributed by atoms with Gasteiger partial charge in [-0.15, -0.1) is 0 Å². The average molecular weight is 959 g/mol. The predicted octanol–water partition coefficient (Wildman–Crippen LogP) is 19.0. The molecule has 0 aromatic heterocycles. The largest absolute Gasteiger partial charge is 0.466 e. The number of aliphatic hydroxyl groups is 2. The van der Waals surface area contributed by atoms with Crippen molar-refractivity contribution in [2.75, 3.05) is 13.2 Å². The van der Waals surface area contributed by atoms with Gasteiger partial charge in [-0.05, 0) is 77.0 Å². The van der Waals surface area contributed by atoms with Crippen LogP contribution in [-0.4, -0.2) is 47.4 Å². The first kappa shape index (κ1) is 66.3. The van der Waals surface area contributed by atoms with Gasteiger partial charge in [-0.3, -0.25) is 9.59 Å². The van der Waals surface area contributed by atoms with Gasteiger partial charge in [0.2, 0.25) is 5.91 Å². The second-order valence-corrected chi connectivity index (χ2v) is 21.0. The lowest BCUT2D eigenvalue weighted by atomic mass is 10.0. The number of amides is 1. The van der Waals surface area contributed by atoms with Gasteiger partial charge in [0.25, 0.3) is 0 Å². The van der Waals surface area contributed by atoms with Crippen molar-refractivity contribution in [3.05, 3.63) is 24.3 Å². The van der Waals surface area contributed by atoms with Crippen LogP contribution in [0, 0.1) is 0 Å². The van der Waals surface area contributed by atoms with E-state index in [1.807, 2.05) is 0 Å². The molecular weight excluding hydrogens is 839 g/mol. The van der Waals surface area contributed by atoms with E-state index in [4.69, 9.17) is 4.74 Å². The molecule has 6 nitrogen and oxygen atoms in total. The number of hydrogen-bond acceptors (Lipinski definition) is 5. The second kappa shape index (κ2) is 57.9. The molecular formula is C62H119NO5. The summed E-state index contributed by atoms with van der Waals surface area (Å²) in [6.45, 7) is 4.93. The molecule has 1 amide bonds. The first-order valence-electron chi connectivity index (χ1n) is 30.6. The van der Waals surface area contributed by atoms with Crippen LogP contribution in [0.4, 0.5) is 0 Å². The van der Waals surface area contributed by atoms with Crippen molar-refractivity contribution in [1.29, 1.82) is 0 Å². The number of carbonyl (C=O) groups is 2. The number of nitrogens with one attached hydrogen (secondary N) is 1. The summed E-state index contributed by atoms with van der Waals surface area (Å²) in [6.07, 6.45) is 70.6. The SMILES string of the molecule is CCCCCC/C=C\CCCCCCCC(=O)OCCCCCCCCCCCCCC/C=C\CCCCCCCCCCCCCCCC(=O)NC(CO)C(O)CCCCCCCCCCC. The Balaban J connectivity index is 3.34. The van der Waals surface area contributed by atoms with Gasteiger partial charge in [0.05, 0.1) is 25.4 Å². The molecule has 402 valence electrons.